The van der Waals surface area contributed by atoms with Crippen molar-refractivity contribution < 1.29 is 4.79 Å². The molecule has 2 nitrogen and oxygen atoms in total. The van der Waals surface area contributed by atoms with Crippen molar-refractivity contribution in [2.75, 3.05) is 11.6 Å². The Morgan fingerprint density at radius 1 is 1.30 bits per heavy atom. The number of fused-ring (bicyclic) bond motifs is 1. The highest BCUT2D eigenvalue weighted by atomic mass is 32.2. The molecule has 0 N–H and O–H groups in total. The van der Waals surface area contributed by atoms with Crippen molar-refractivity contribution in [3.05, 3.63) is 42.0 Å². The van der Waals surface area contributed by atoms with E-state index in [9.17, 15) is 4.79 Å². The largest absolute Gasteiger partial charge is 0.298 e. The summed E-state index contributed by atoms with van der Waals surface area (Å²) in [6, 6.07) is 7.60. The summed E-state index contributed by atoms with van der Waals surface area (Å²) in [5, 5.41) is 0. The van der Waals surface area contributed by atoms with Crippen molar-refractivity contribution in [1.29, 1.82) is 0 Å². The second-order valence-electron chi connectivity index (χ2n) is 4.45. The third-order valence-corrected chi connectivity index (χ3v) is 5.83. The lowest BCUT2D eigenvalue weighted by Crippen LogP contribution is -2.22. The molecular weight excluding hydrogens is 306 g/mol. The number of hydrogen-bond acceptors (Lipinski definition) is 4. The fraction of sp³-hybridized carbons (Fsp3) is 0.333. The Bertz CT molecular complexity index is 507. The normalized spacial score (nSPS) is 13.8. The van der Waals surface area contributed by atoms with Crippen LogP contribution >= 0.6 is 35.7 Å². The Morgan fingerprint density at radius 3 is 2.65 bits per heavy atom. The lowest BCUT2D eigenvalue weighted by Gasteiger charge is -2.16. The molecule has 1 aliphatic rings. The average Bonchev–Trinajstić information content (AvgIpc) is 2.70. The molecule has 1 aliphatic heterocycles. The monoisotopic (exact) mass is 323 g/mol. The topological polar surface area (TPSA) is 20.3 Å². The lowest BCUT2D eigenvalue weighted by atomic mass is 10.1. The number of carbonyl (C=O) groups is 1. The molecule has 1 aromatic rings. The molecule has 0 radical (unpaired) electrons. The van der Waals surface area contributed by atoms with Crippen molar-refractivity contribution in [3.8, 4) is 0 Å². The summed E-state index contributed by atoms with van der Waals surface area (Å²) in [7, 11) is 0. The molecule has 106 valence electrons. The molecule has 1 amide bonds. The van der Waals surface area contributed by atoms with Crippen LogP contribution in [0.4, 0.5) is 0 Å². The second kappa shape index (κ2) is 7.29. The molecule has 0 aromatic heterocycles. The van der Waals surface area contributed by atoms with Gasteiger partial charge >= 0.3 is 0 Å². The Kier molecular flexibility index (Phi) is 5.69. The molecule has 0 bridgehead atoms. The average molecular weight is 324 g/mol. The molecule has 1 aromatic carbocycles. The molecule has 0 unspecified atom stereocenters. The minimum Gasteiger partial charge on any atom is -0.298 e. The minimum absolute atomic E-state index is 0.0273. The van der Waals surface area contributed by atoms with E-state index in [2.05, 4.69) is 13.5 Å². The zero-order chi connectivity index (χ0) is 14.5. The van der Waals surface area contributed by atoms with Gasteiger partial charge in [0, 0.05) is 16.8 Å². The third kappa shape index (κ3) is 3.45. The van der Waals surface area contributed by atoms with Crippen LogP contribution < -0.4 is 0 Å². The van der Waals surface area contributed by atoms with Crippen molar-refractivity contribution >= 4 is 50.9 Å². The maximum Gasteiger partial charge on any atom is 0.259 e. The van der Waals surface area contributed by atoms with Crippen molar-refractivity contribution in [2.24, 2.45) is 0 Å². The van der Waals surface area contributed by atoms with E-state index in [1.165, 1.54) is 12.8 Å². The first-order chi connectivity index (χ1) is 9.65. The van der Waals surface area contributed by atoms with E-state index in [4.69, 9.17) is 12.2 Å². The number of thiocarbonyl (C=S) groups is 1. The number of rotatable bonds is 5. The van der Waals surface area contributed by atoms with E-state index in [0.29, 0.717) is 5.88 Å². The molecule has 0 saturated carbocycles. The summed E-state index contributed by atoms with van der Waals surface area (Å²) in [4.78, 5) is 14.0. The maximum absolute atomic E-state index is 12.3. The van der Waals surface area contributed by atoms with Gasteiger partial charge in [-0.3, -0.25) is 9.69 Å². The first-order valence-electron chi connectivity index (χ1n) is 6.55. The highest BCUT2D eigenvalue weighted by molar-refractivity contribution is 8.47. The second-order valence-corrected chi connectivity index (χ2v) is 7.69. The zero-order valence-corrected chi connectivity index (χ0v) is 13.9. The van der Waals surface area contributed by atoms with Crippen molar-refractivity contribution in [3.63, 3.8) is 0 Å². The number of nitrogens with zero attached hydrogens (tertiary/aromatic N) is 1. The number of benzene rings is 1. The summed E-state index contributed by atoms with van der Waals surface area (Å²) in [5.74, 6) is 1.63. The van der Waals surface area contributed by atoms with Crippen molar-refractivity contribution in [1.82, 2.24) is 4.90 Å². The Labute approximate surface area is 134 Å². The SMILES string of the molecule is C=C1c2ccccc2C(=O)N1CSC(=S)SCCCC. The Hall–Kier alpha value is -0.780. The zero-order valence-electron chi connectivity index (χ0n) is 11.4. The molecule has 0 fully saturated rings. The first-order valence-corrected chi connectivity index (χ1v) is 8.92. The highest BCUT2D eigenvalue weighted by Gasteiger charge is 2.30. The summed E-state index contributed by atoms with van der Waals surface area (Å²) in [6.07, 6.45) is 2.35. The summed E-state index contributed by atoms with van der Waals surface area (Å²) in [6.45, 7) is 6.19. The number of thioether (sulfide) groups is 2. The fourth-order valence-corrected chi connectivity index (χ4v) is 4.19. The van der Waals surface area contributed by atoms with Crippen molar-refractivity contribution in [2.45, 2.75) is 19.8 Å². The molecule has 0 spiro atoms. The first kappa shape index (κ1) is 15.6. The Balaban J connectivity index is 1.91. The quantitative estimate of drug-likeness (QED) is 0.581. The van der Waals surface area contributed by atoms with E-state index >= 15 is 0 Å². The molecule has 5 heteroatoms. The molecule has 2 rings (SSSR count). The molecule has 1 heterocycles. The van der Waals surface area contributed by atoms with E-state index in [0.717, 1.165) is 26.1 Å². The number of carbonyl (C=O) groups excluding carboxylic acids is 1. The van der Waals surface area contributed by atoms with Gasteiger partial charge in [0.2, 0.25) is 0 Å². The van der Waals surface area contributed by atoms with Crippen LogP contribution in [-0.4, -0.2) is 26.0 Å². The number of hydrogen-bond donors (Lipinski definition) is 0. The third-order valence-electron chi connectivity index (χ3n) is 3.07. The molecular formula is C15H17NOS3. The van der Waals surface area contributed by atoms with Gasteiger partial charge in [-0.05, 0) is 18.2 Å². The van der Waals surface area contributed by atoms with Gasteiger partial charge in [-0.25, -0.2) is 0 Å². The van der Waals surface area contributed by atoms with Crippen LogP contribution in [0.1, 0.15) is 35.7 Å². The minimum atomic E-state index is 0.0273. The van der Waals surface area contributed by atoms with Gasteiger partial charge in [0.1, 0.15) is 3.53 Å². The van der Waals surface area contributed by atoms with E-state index in [1.54, 1.807) is 28.4 Å². The lowest BCUT2D eigenvalue weighted by molar-refractivity contribution is 0.0869. The smallest absolute Gasteiger partial charge is 0.259 e. The van der Waals surface area contributed by atoms with Gasteiger partial charge in [0.15, 0.2) is 0 Å². The molecule has 0 aliphatic carbocycles. The molecule has 0 saturated heterocycles. The number of unbranched alkanes of at least 4 members (excludes halogenated alkanes) is 1. The predicted octanol–water partition coefficient (Wildman–Crippen LogP) is 4.62. The van der Waals surface area contributed by atoms with Crippen LogP contribution in [0.15, 0.2) is 30.8 Å². The van der Waals surface area contributed by atoms with Crippen LogP contribution in [0.3, 0.4) is 0 Å². The summed E-state index contributed by atoms with van der Waals surface area (Å²) < 4.78 is 0.898. The molecule has 20 heavy (non-hydrogen) atoms. The fourth-order valence-electron chi connectivity index (χ4n) is 1.93. The number of amides is 1. The highest BCUT2D eigenvalue weighted by Crippen LogP contribution is 2.33. The van der Waals surface area contributed by atoms with Crippen LogP contribution in [0.5, 0.6) is 0 Å². The van der Waals surface area contributed by atoms with E-state index in [1.807, 2.05) is 24.3 Å². The summed E-state index contributed by atoms with van der Waals surface area (Å²) in [5.41, 5.74) is 2.45. The van der Waals surface area contributed by atoms with Crippen LogP contribution in [-0.2, 0) is 0 Å². The predicted molar refractivity (Wildman–Crippen MR) is 94.1 cm³/mol. The van der Waals surface area contributed by atoms with Crippen LogP contribution in [0, 0.1) is 0 Å². The Morgan fingerprint density at radius 2 is 2.00 bits per heavy atom. The van der Waals surface area contributed by atoms with Gasteiger partial charge in [-0.2, -0.15) is 0 Å². The van der Waals surface area contributed by atoms with E-state index < -0.39 is 0 Å². The summed E-state index contributed by atoms with van der Waals surface area (Å²) >= 11 is 8.56. The van der Waals surface area contributed by atoms with Crippen LogP contribution in [0.2, 0.25) is 0 Å². The van der Waals surface area contributed by atoms with Crippen LogP contribution in [0.25, 0.3) is 5.70 Å². The maximum atomic E-state index is 12.3. The van der Waals surface area contributed by atoms with Gasteiger partial charge in [0.05, 0.1) is 5.88 Å². The van der Waals surface area contributed by atoms with Gasteiger partial charge in [-0.15, -0.1) is 11.8 Å². The standard InChI is InChI=1S/C15H17NOS3/c1-3-4-9-19-15(18)20-10-16-11(2)12-7-5-6-8-13(12)14(16)17/h5-8H,2-4,9-10H2,1H3. The molecule has 0 atom stereocenters. The van der Waals surface area contributed by atoms with Gasteiger partial charge < -0.3 is 0 Å². The van der Waals surface area contributed by atoms with Gasteiger partial charge in [-0.1, -0.05) is 62.1 Å². The van der Waals surface area contributed by atoms with Gasteiger partial charge in [0.25, 0.3) is 5.91 Å². The van der Waals surface area contributed by atoms with E-state index in [-0.39, 0.29) is 5.91 Å².